The molecule has 5 heteroatoms. The Labute approximate surface area is 107 Å². The molecule has 18 heavy (non-hydrogen) atoms. The van der Waals surface area contributed by atoms with Crippen molar-refractivity contribution in [3.63, 3.8) is 0 Å². The van der Waals surface area contributed by atoms with Crippen LogP contribution in [0.3, 0.4) is 0 Å². The summed E-state index contributed by atoms with van der Waals surface area (Å²) in [5.74, 6) is -0.973. The summed E-state index contributed by atoms with van der Waals surface area (Å²) in [5.41, 5.74) is 0. The summed E-state index contributed by atoms with van der Waals surface area (Å²) >= 11 is 0. The van der Waals surface area contributed by atoms with Gasteiger partial charge < -0.3 is 15.7 Å². The molecule has 3 N–H and O–H groups in total. The maximum Gasteiger partial charge on any atom is 0.306 e. The van der Waals surface area contributed by atoms with Crippen molar-refractivity contribution < 1.29 is 14.7 Å². The van der Waals surface area contributed by atoms with E-state index in [4.69, 9.17) is 5.11 Å². The number of carboxylic acid groups (broad SMARTS) is 1. The number of aliphatic carboxylic acids is 1. The van der Waals surface area contributed by atoms with E-state index in [0.29, 0.717) is 6.42 Å². The lowest BCUT2D eigenvalue weighted by atomic mass is 9.85. The first kappa shape index (κ1) is 13.3. The summed E-state index contributed by atoms with van der Waals surface area (Å²) in [6, 6.07) is -0.0416. The summed E-state index contributed by atoms with van der Waals surface area (Å²) in [5, 5.41) is 15.2. The molecule has 102 valence electrons. The number of hydrogen-bond acceptors (Lipinski definition) is 3. The van der Waals surface area contributed by atoms with E-state index in [1.165, 1.54) is 0 Å². The van der Waals surface area contributed by atoms with Crippen LogP contribution in [0, 0.1) is 5.92 Å². The number of rotatable bonds is 3. The highest BCUT2D eigenvalue weighted by molar-refractivity contribution is 5.82. The zero-order valence-electron chi connectivity index (χ0n) is 10.7. The number of hydrogen-bond donors (Lipinski definition) is 3. The summed E-state index contributed by atoms with van der Waals surface area (Å²) in [6.45, 7) is 0.903. The Morgan fingerprint density at radius 1 is 1.11 bits per heavy atom. The zero-order valence-corrected chi connectivity index (χ0v) is 10.7. The summed E-state index contributed by atoms with van der Waals surface area (Å²) < 4.78 is 0. The highest BCUT2D eigenvalue weighted by Gasteiger charge is 2.29. The fourth-order valence-corrected chi connectivity index (χ4v) is 2.92. The molecule has 0 aromatic carbocycles. The maximum absolute atomic E-state index is 12.0. The van der Waals surface area contributed by atoms with Gasteiger partial charge in [0.15, 0.2) is 0 Å². The van der Waals surface area contributed by atoms with Gasteiger partial charge in [0.05, 0.1) is 12.0 Å². The molecule has 1 saturated carbocycles. The molecule has 1 aliphatic carbocycles. The van der Waals surface area contributed by atoms with Crippen molar-refractivity contribution in [1.29, 1.82) is 0 Å². The molecular weight excluding hydrogens is 232 g/mol. The minimum Gasteiger partial charge on any atom is -0.481 e. The average Bonchev–Trinajstić information content (AvgIpc) is 2.40. The van der Waals surface area contributed by atoms with Crippen molar-refractivity contribution in [3.8, 4) is 0 Å². The smallest absolute Gasteiger partial charge is 0.306 e. The van der Waals surface area contributed by atoms with Crippen molar-refractivity contribution in [1.82, 2.24) is 10.6 Å². The molecule has 2 fully saturated rings. The van der Waals surface area contributed by atoms with E-state index >= 15 is 0 Å². The topological polar surface area (TPSA) is 78.4 Å². The highest BCUT2D eigenvalue weighted by atomic mass is 16.4. The van der Waals surface area contributed by atoms with Crippen molar-refractivity contribution >= 4 is 11.9 Å². The van der Waals surface area contributed by atoms with Gasteiger partial charge in [-0.05, 0) is 38.6 Å². The maximum atomic E-state index is 12.0. The largest absolute Gasteiger partial charge is 0.481 e. The predicted molar refractivity (Wildman–Crippen MR) is 67.2 cm³/mol. The standard InChI is InChI=1S/C13H22N2O3/c16-12(11-6-1-2-7-14-11)15-10-5-3-4-9(8-10)13(17)18/h9-11,14H,1-8H2,(H,15,16)(H,17,18). The average molecular weight is 254 g/mol. The zero-order chi connectivity index (χ0) is 13.0. The van der Waals surface area contributed by atoms with Gasteiger partial charge in [-0.3, -0.25) is 9.59 Å². The van der Waals surface area contributed by atoms with Crippen molar-refractivity contribution in [2.24, 2.45) is 5.92 Å². The molecule has 1 aliphatic heterocycles. The second-order valence-electron chi connectivity index (χ2n) is 5.41. The Hall–Kier alpha value is -1.10. The lowest BCUT2D eigenvalue weighted by Crippen LogP contribution is -2.50. The van der Waals surface area contributed by atoms with E-state index < -0.39 is 5.97 Å². The van der Waals surface area contributed by atoms with Gasteiger partial charge >= 0.3 is 5.97 Å². The first-order valence-corrected chi connectivity index (χ1v) is 6.93. The fourth-order valence-electron chi connectivity index (χ4n) is 2.92. The molecule has 3 unspecified atom stereocenters. The van der Waals surface area contributed by atoms with E-state index in [2.05, 4.69) is 10.6 Å². The van der Waals surface area contributed by atoms with Gasteiger partial charge in [0, 0.05) is 6.04 Å². The van der Waals surface area contributed by atoms with Crippen LogP contribution in [-0.2, 0) is 9.59 Å². The third-order valence-electron chi connectivity index (χ3n) is 4.00. The van der Waals surface area contributed by atoms with Gasteiger partial charge in [0.2, 0.25) is 5.91 Å². The van der Waals surface area contributed by atoms with E-state index in [-0.39, 0.29) is 23.9 Å². The van der Waals surface area contributed by atoms with E-state index in [1.54, 1.807) is 0 Å². The van der Waals surface area contributed by atoms with Crippen LogP contribution in [0.25, 0.3) is 0 Å². The molecule has 0 aromatic heterocycles. The molecule has 0 aromatic rings. The van der Waals surface area contributed by atoms with Crippen LogP contribution in [0.4, 0.5) is 0 Å². The Balaban J connectivity index is 1.81. The normalized spacial score (nSPS) is 32.8. The van der Waals surface area contributed by atoms with Crippen molar-refractivity contribution in [2.75, 3.05) is 6.54 Å². The Morgan fingerprint density at radius 2 is 1.94 bits per heavy atom. The van der Waals surface area contributed by atoms with E-state index in [1.807, 2.05) is 0 Å². The summed E-state index contributed by atoms with van der Waals surface area (Å²) in [4.78, 5) is 23.0. The van der Waals surface area contributed by atoms with Crippen molar-refractivity contribution in [2.45, 2.75) is 57.0 Å². The molecular formula is C13H22N2O3. The first-order chi connectivity index (χ1) is 8.66. The quantitative estimate of drug-likeness (QED) is 0.699. The van der Waals surface area contributed by atoms with Gasteiger partial charge in [-0.25, -0.2) is 0 Å². The summed E-state index contributed by atoms with van der Waals surface area (Å²) in [6.07, 6.45) is 6.22. The van der Waals surface area contributed by atoms with E-state index in [9.17, 15) is 9.59 Å². The number of piperidine rings is 1. The molecule has 2 rings (SSSR count). The van der Waals surface area contributed by atoms with Gasteiger partial charge in [-0.15, -0.1) is 0 Å². The molecule has 3 atom stereocenters. The Bertz CT molecular complexity index is 313. The molecule has 0 radical (unpaired) electrons. The van der Waals surface area contributed by atoms with Crippen LogP contribution < -0.4 is 10.6 Å². The number of carbonyl (C=O) groups excluding carboxylic acids is 1. The van der Waals surface area contributed by atoms with Crippen LogP contribution in [0.2, 0.25) is 0 Å². The van der Waals surface area contributed by atoms with Crippen LogP contribution in [0.1, 0.15) is 44.9 Å². The Kier molecular flexibility index (Phi) is 4.58. The molecule has 1 saturated heterocycles. The van der Waals surface area contributed by atoms with Gasteiger partial charge in [0.1, 0.15) is 0 Å². The molecule has 5 nitrogen and oxygen atoms in total. The van der Waals surface area contributed by atoms with Gasteiger partial charge in [-0.2, -0.15) is 0 Å². The molecule has 0 spiro atoms. The lowest BCUT2D eigenvalue weighted by Gasteiger charge is -2.30. The van der Waals surface area contributed by atoms with Crippen LogP contribution in [0.5, 0.6) is 0 Å². The van der Waals surface area contributed by atoms with Crippen LogP contribution in [-0.4, -0.2) is 35.6 Å². The third kappa shape index (κ3) is 3.45. The molecule has 0 bridgehead atoms. The van der Waals surface area contributed by atoms with Crippen LogP contribution in [0.15, 0.2) is 0 Å². The lowest BCUT2D eigenvalue weighted by molar-refractivity contribution is -0.143. The monoisotopic (exact) mass is 254 g/mol. The van der Waals surface area contributed by atoms with E-state index in [0.717, 1.165) is 45.1 Å². The molecule has 1 amide bonds. The number of nitrogens with one attached hydrogen (secondary N) is 2. The fraction of sp³-hybridized carbons (Fsp3) is 0.846. The number of carboxylic acids is 1. The number of amides is 1. The minimum absolute atomic E-state index is 0.0380. The molecule has 1 heterocycles. The van der Waals surface area contributed by atoms with Gasteiger partial charge in [0.25, 0.3) is 0 Å². The Morgan fingerprint density at radius 3 is 2.61 bits per heavy atom. The predicted octanol–water partition coefficient (Wildman–Crippen LogP) is 0.888. The van der Waals surface area contributed by atoms with Crippen LogP contribution >= 0.6 is 0 Å². The first-order valence-electron chi connectivity index (χ1n) is 6.93. The second kappa shape index (κ2) is 6.18. The third-order valence-corrected chi connectivity index (χ3v) is 4.00. The summed E-state index contributed by atoms with van der Waals surface area (Å²) in [7, 11) is 0. The molecule has 2 aliphatic rings. The van der Waals surface area contributed by atoms with Gasteiger partial charge in [-0.1, -0.05) is 12.8 Å². The highest BCUT2D eigenvalue weighted by Crippen LogP contribution is 2.24. The number of carbonyl (C=O) groups is 2. The minimum atomic E-state index is -0.732. The van der Waals surface area contributed by atoms with Crippen molar-refractivity contribution in [3.05, 3.63) is 0 Å². The SMILES string of the molecule is O=C(O)C1CCCC(NC(=O)C2CCCCN2)C1. The second-order valence-corrected chi connectivity index (χ2v) is 5.41.